The summed E-state index contributed by atoms with van der Waals surface area (Å²) < 4.78 is 13.1. The fourth-order valence-corrected chi connectivity index (χ4v) is 4.48. The van der Waals surface area contributed by atoms with Crippen molar-refractivity contribution in [2.24, 2.45) is 16.6 Å². The van der Waals surface area contributed by atoms with Gasteiger partial charge in [-0.1, -0.05) is 23.9 Å². The Morgan fingerprint density at radius 1 is 1.35 bits per heavy atom. The summed E-state index contributed by atoms with van der Waals surface area (Å²) in [7, 11) is 0. The van der Waals surface area contributed by atoms with Crippen molar-refractivity contribution < 1.29 is 4.39 Å². The maximum absolute atomic E-state index is 13.1. The highest BCUT2D eigenvalue weighted by molar-refractivity contribution is 8.13. The average Bonchev–Trinajstić information content (AvgIpc) is 3.02. The number of nitrogens with zero attached hydrogens (tertiary/aromatic N) is 5. The van der Waals surface area contributed by atoms with Crippen molar-refractivity contribution in [3.05, 3.63) is 53.6 Å². The van der Waals surface area contributed by atoms with Crippen molar-refractivity contribution in [2.75, 3.05) is 23.7 Å². The number of nitrogens with two attached hydrogens (primary N) is 1. The minimum atomic E-state index is -0.542. The highest BCUT2D eigenvalue weighted by atomic mass is 35.5. The van der Waals surface area contributed by atoms with Crippen molar-refractivity contribution in [3.63, 3.8) is 0 Å². The van der Waals surface area contributed by atoms with Gasteiger partial charge in [-0.05, 0) is 17.7 Å². The number of benzene rings is 1. The molecular weight excluding hydrogens is 375 g/mol. The molecule has 0 spiro atoms. The number of halogens is 2. The number of aliphatic imine (C=N–C) groups is 1. The molecule has 0 radical (unpaired) electrons. The van der Waals surface area contributed by atoms with Crippen molar-refractivity contribution in [3.8, 4) is 6.07 Å². The number of thioether (sulfide) groups is 1. The summed E-state index contributed by atoms with van der Waals surface area (Å²) in [4.78, 5) is 15.0. The summed E-state index contributed by atoms with van der Waals surface area (Å²) in [5.74, 6) is 1.04. The Bertz CT molecular complexity index is 884. The molecule has 2 aliphatic rings. The van der Waals surface area contributed by atoms with Crippen molar-refractivity contribution in [1.82, 2.24) is 9.97 Å². The number of hydrogen-bond donors (Lipinski definition) is 1. The van der Waals surface area contributed by atoms with Crippen LogP contribution in [0.2, 0.25) is 0 Å². The number of anilines is 1. The number of rotatable bonds is 2. The second kappa shape index (κ2) is 7.09. The lowest BCUT2D eigenvalue weighted by molar-refractivity contribution is 0.387. The van der Waals surface area contributed by atoms with E-state index in [1.54, 1.807) is 6.07 Å². The van der Waals surface area contributed by atoms with Crippen LogP contribution in [0.1, 0.15) is 11.1 Å². The van der Waals surface area contributed by atoms with Crippen molar-refractivity contribution in [2.45, 2.75) is 5.54 Å². The number of fused-ring (bicyclic) bond motifs is 1. The predicted octanol–water partition coefficient (Wildman–Crippen LogP) is 2.30. The number of nitriles is 1. The van der Waals surface area contributed by atoms with E-state index in [0.29, 0.717) is 29.8 Å². The van der Waals surface area contributed by atoms with Gasteiger partial charge in [0.05, 0.1) is 30.6 Å². The van der Waals surface area contributed by atoms with Gasteiger partial charge in [-0.2, -0.15) is 5.26 Å². The largest absolute Gasteiger partial charge is 0.379 e. The third-order valence-corrected chi connectivity index (χ3v) is 5.63. The minimum absolute atomic E-state index is 0. The van der Waals surface area contributed by atoms with Crippen molar-refractivity contribution in [1.29, 1.82) is 5.26 Å². The van der Waals surface area contributed by atoms with Gasteiger partial charge in [0.1, 0.15) is 5.54 Å². The third-order valence-electron chi connectivity index (χ3n) is 4.67. The molecule has 1 saturated heterocycles. The number of amidine groups is 1. The third kappa shape index (κ3) is 3.08. The van der Waals surface area contributed by atoms with E-state index in [-0.39, 0.29) is 18.3 Å². The van der Waals surface area contributed by atoms with Crippen molar-refractivity contribution >= 4 is 35.3 Å². The first-order valence-electron chi connectivity index (χ1n) is 7.82. The summed E-state index contributed by atoms with van der Waals surface area (Å²) in [6.45, 7) is 1.24. The summed E-state index contributed by atoms with van der Waals surface area (Å²) in [6.07, 6.45) is 2.33. The number of hydrogen-bond acceptors (Lipinski definition) is 7. The van der Waals surface area contributed by atoms with Crippen LogP contribution in [0.3, 0.4) is 0 Å². The lowest BCUT2D eigenvalue weighted by atomic mass is 9.81. The van der Waals surface area contributed by atoms with Crippen LogP contribution in [-0.4, -0.2) is 34.0 Å². The molecule has 2 atom stereocenters. The van der Waals surface area contributed by atoms with Crippen LogP contribution in [0, 0.1) is 23.1 Å². The highest BCUT2D eigenvalue weighted by Crippen LogP contribution is 2.46. The zero-order valence-corrected chi connectivity index (χ0v) is 15.3. The second-order valence-corrected chi connectivity index (χ2v) is 7.20. The van der Waals surface area contributed by atoms with Gasteiger partial charge in [0.15, 0.2) is 11.0 Å². The maximum atomic E-state index is 13.1. The molecule has 26 heavy (non-hydrogen) atoms. The van der Waals surface area contributed by atoms with E-state index in [9.17, 15) is 9.65 Å². The molecule has 1 aromatic carbocycles. The Hall–Kier alpha value is -2.37. The van der Waals surface area contributed by atoms with Crippen LogP contribution in [0.4, 0.5) is 10.3 Å². The van der Waals surface area contributed by atoms with Gasteiger partial charge in [0.2, 0.25) is 5.95 Å². The van der Waals surface area contributed by atoms with E-state index in [1.165, 1.54) is 24.2 Å². The lowest BCUT2D eigenvalue weighted by Crippen LogP contribution is -2.40. The van der Waals surface area contributed by atoms with E-state index in [2.05, 4.69) is 16.0 Å². The fourth-order valence-electron chi connectivity index (χ4n) is 3.50. The molecule has 3 heterocycles. The smallest absolute Gasteiger partial charge is 0.225 e. The fraction of sp³-hybridized carbons (Fsp3) is 0.294. The first kappa shape index (κ1) is 18.4. The highest BCUT2D eigenvalue weighted by Gasteiger charge is 2.50. The maximum Gasteiger partial charge on any atom is 0.225 e. The summed E-state index contributed by atoms with van der Waals surface area (Å²) in [5, 5.41) is 9.77. The summed E-state index contributed by atoms with van der Waals surface area (Å²) >= 11 is 1.53. The predicted molar refractivity (Wildman–Crippen MR) is 102 cm³/mol. The molecule has 0 bridgehead atoms. The van der Waals surface area contributed by atoms with Crippen LogP contribution in [0.15, 0.2) is 41.7 Å². The SMILES string of the molecule is Cl.N#Cc1cccc(C23CN(c4ncc(F)cn4)C[C@H]2CSC(N)=N3)c1. The quantitative estimate of drug-likeness (QED) is 0.846. The molecule has 1 unspecified atom stereocenters. The van der Waals surface area contributed by atoms with Crippen LogP contribution in [-0.2, 0) is 5.54 Å². The normalized spacial score (nSPS) is 24.2. The molecule has 9 heteroatoms. The zero-order chi connectivity index (χ0) is 17.4. The van der Waals surface area contributed by atoms with E-state index < -0.39 is 11.4 Å². The standard InChI is InChI=1S/C17H15FN6S.ClH/c18-14-6-21-16(22-7-14)24-8-13-9-25-15(20)23-17(13,10-24)12-3-1-2-11(4-12)5-19;/h1-4,6-7,13H,8-10H2,(H2,20,23);1H/t13-,17?;/m0./s1. The summed E-state index contributed by atoms with van der Waals surface area (Å²) in [5.41, 5.74) is 7.05. The van der Waals surface area contributed by atoms with Crippen LogP contribution in [0.5, 0.6) is 0 Å². The van der Waals surface area contributed by atoms with Gasteiger partial charge >= 0.3 is 0 Å². The molecule has 2 aromatic rings. The molecule has 0 amide bonds. The molecule has 6 nitrogen and oxygen atoms in total. The Morgan fingerprint density at radius 2 is 2.12 bits per heavy atom. The zero-order valence-electron chi connectivity index (χ0n) is 13.7. The first-order valence-corrected chi connectivity index (χ1v) is 8.80. The van der Waals surface area contributed by atoms with Gasteiger partial charge < -0.3 is 10.6 Å². The first-order chi connectivity index (χ1) is 12.1. The Balaban J connectivity index is 0.00000196. The van der Waals surface area contributed by atoms with Crippen LogP contribution < -0.4 is 10.6 Å². The molecule has 4 rings (SSSR count). The second-order valence-electron chi connectivity index (χ2n) is 6.16. The van der Waals surface area contributed by atoms with E-state index in [4.69, 9.17) is 10.7 Å². The van der Waals surface area contributed by atoms with Crippen LogP contribution >= 0.6 is 24.2 Å². The molecule has 0 saturated carbocycles. The molecule has 1 aromatic heterocycles. The molecule has 2 aliphatic heterocycles. The lowest BCUT2D eigenvalue weighted by Gasteiger charge is -2.34. The van der Waals surface area contributed by atoms with E-state index in [0.717, 1.165) is 11.3 Å². The Kier molecular flexibility index (Phi) is 5.03. The van der Waals surface area contributed by atoms with Crippen LogP contribution in [0.25, 0.3) is 0 Å². The molecular formula is C17H16ClFN6S. The monoisotopic (exact) mass is 390 g/mol. The average molecular weight is 391 g/mol. The van der Waals surface area contributed by atoms with E-state index in [1.807, 2.05) is 23.1 Å². The van der Waals surface area contributed by atoms with Gasteiger partial charge in [0, 0.05) is 18.2 Å². The molecule has 1 fully saturated rings. The van der Waals surface area contributed by atoms with E-state index >= 15 is 0 Å². The minimum Gasteiger partial charge on any atom is -0.379 e. The molecule has 2 N–H and O–H groups in total. The topological polar surface area (TPSA) is 91.2 Å². The van der Waals surface area contributed by atoms with Gasteiger partial charge in [-0.3, -0.25) is 0 Å². The molecule has 134 valence electrons. The van der Waals surface area contributed by atoms with Gasteiger partial charge in [-0.15, -0.1) is 12.4 Å². The Morgan fingerprint density at radius 3 is 2.85 bits per heavy atom. The molecule has 0 aliphatic carbocycles. The van der Waals surface area contributed by atoms with Gasteiger partial charge in [-0.25, -0.2) is 19.4 Å². The van der Waals surface area contributed by atoms with Gasteiger partial charge in [0.25, 0.3) is 0 Å². The number of aromatic nitrogens is 2. The summed E-state index contributed by atoms with van der Waals surface area (Å²) in [6, 6.07) is 9.67. The Labute approximate surface area is 160 Å².